The molecule has 1 aliphatic rings. The lowest BCUT2D eigenvalue weighted by atomic mass is 10.1. The van der Waals surface area contributed by atoms with Crippen LogP contribution in [0.1, 0.15) is 26.2 Å². The molecule has 1 heterocycles. The van der Waals surface area contributed by atoms with Crippen molar-refractivity contribution >= 4 is 34.6 Å². The van der Waals surface area contributed by atoms with Crippen molar-refractivity contribution in [2.24, 2.45) is 0 Å². The zero-order chi connectivity index (χ0) is 14.4. The summed E-state index contributed by atoms with van der Waals surface area (Å²) in [4.78, 5) is 1.72. The first-order valence-electron chi connectivity index (χ1n) is 7.34. The van der Waals surface area contributed by atoms with Crippen molar-refractivity contribution in [3.8, 4) is 0 Å². The van der Waals surface area contributed by atoms with E-state index in [2.05, 4.69) is 17.6 Å². The highest BCUT2D eigenvalue weighted by molar-refractivity contribution is 7.80. The summed E-state index contributed by atoms with van der Waals surface area (Å²) in [6.45, 7) is 6.03. The van der Waals surface area contributed by atoms with Crippen molar-refractivity contribution < 1.29 is 4.90 Å². The first kappa shape index (κ1) is 15.5. The minimum atomic E-state index is 0.503. The Labute approximate surface area is 131 Å². The third-order valence-corrected chi connectivity index (χ3v) is 4.21. The van der Waals surface area contributed by atoms with Gasteiger partial charge >= 0.3 is 0 Å². The van der Waals surface area contributed by atoms with Gasteiger partial charge < -0.3 is 15.5 Å². The Morgan fingerprint density at radius 2 is 1.95 bits per heavy atom. The number of benzene rings is 1. The van der Waals surface area contributed by atoms with Crippen LogP contribution < -0.4 is 15.5 Å². The summed E-state index contributed by atoms with van der Waals surface area (Å²) < 4.78 is 0. The summed E-state index contributed by atoms with van der Waals surface area (Å²) >= 11 is 11.2. The van der Waals surface area contributed by atoms with Gasteiger partial charge in [0.15, 0.2) is 5.11 Å². The van der Waals surface area contributed by atoms with Gasteiger partial charge in [-0.3, -0.25) is 0 Å². The molecule has 1 aromatic carbocycles. The average molecular weight is 313 g/mol. The molecule has 0 spiro atoms. The Morgan fingerprint density at radius 3 is 2.55 bits per heavy atom. The van der Waals surface area contributed by atoms with Gasteiger partial charge in [-0.05, 0) is 42.9 Å². The quantitative estimate of drug-likeness (QED) is 0.744. The van der Waals surface area contributed by atoms with Gasteiger partial charge in [-0.15, -0.1) is 0 Å². The molecule has 0 aromatic heterocycles. The second-order valence-corrected chi connectivity index (χ2v) is 6.22. The largest absolute Gasteiger partial charge is 0.359 e. The number of likely N-dealkylation sites (tertiary alicyclic amines) is 1. The summed E-state index contributed by atoms with van der Waals surface area (Å²) in [6, 6.07) is 8.09. The molecule has 3 N–H and O–H groups in total. The maximum Gasteiger partial charge on any atom is 0.171 e. The molecule has 0 amide bonds. The third kappa shape index (κ3) is 4.93. The van der Waals surface area contributed by atoms with E-state index in [1.807, 2.05) is 24.3 Å². The highest BCUT2D eigenvalue weighted by atomic mass is 35.5. The number of hydrogen-bond acceptors (Lipinski definition) is 1. The number of halogens is 1. The lowest BCUT2D eigenvalue weighted by Gasteiger charge is -2.30. The number of hydrogen-bond donors (Lipinski definition) is 3. The van der Waals surface area contributed by atoms with Crippen molar-refractivity contribution in [2.45, 2.75) is 32.2 Å². The predicted octanol–water partition coefficient (Wildman–Crippen LogP) is 2.08. The third-order valence-electron chi connectivity index (χ3n) is 3.73. The molecule has 1 fully saturated rings. The summed E-state index contributed by atoms with van der Waals surface area (Å²) in [5.41, 5.74) is 0.973. The van der Waals surface area contributed by atoms with Crippen molar-refractivity contribution in [1.29, 1.82) is 0 Å². The normalized spacial score (nSPS) is 22.3. The van der Waals surface area contributed by atoms with Crippen LogP contribution in [0.3, 0.4) is 0 Å². The fourth-order valence-corrected chi connectivity index (χ4v) is 3.07. The minimum Gasteiger partial charge on any atom is -0.359 e. The average Bonchev–Trinajstić information content (AvgIpc) is 2.44. The molecule has 0 bridgehead atoms. The molecule has 1 saturated heterocycles. The van der Waals surface area contributed by atoms with Crippen LogP contribution >= 0.6 is 23.8 Å². The smallest absolute Gasteiger partial charge is 0.171 e. The molecule has 1 aliphatic heterocycles. The van der Waals surface area contributed by atoms with E-state index in [1.54, 1.807) is 4.90 Å². The first-order valence-corrected chi connectivity index (χ1v) is 8.12. The molecule has 3 nitrogen and oxygen atoms in total. The number of rotatable bonds is 4. The van der Waals surface area contributed by atoms with Crippen LogP contribution in [0.2, 0.25) is 5.02 Å². The van der Waals surface area contributed by atoms with Gasteiger partial charge in [0.25, 0.3) is 0 Å². The summed E-state index contributed by atoms with van der Waals surface area (Å²) in [6.07, 6.45) is 3.65. The second kappa shape index (κ2) is 7.81. The minimum absolute atomic E-state index is 0.503. The molecule has 0 aliphatic carbocycles. The molecule has 0 atom stereocenters. The number of piperidine rings is 1. The number of nitrogens with one attached hydrogen (secondary N) is 3. The van der Waals surface area contributed by atoms with Gasteiger partial charge in [0, 0.05) is 29.6 Å². The van der Waals surface area contributed by atoms with E-state index in [1.165, 1.54) is 38.9 Å². The van der Waals surface area contributed by atoms with Gasteiger partial charge in [-0.2, -0.15) is 0 Å². The van der Waals surface area contributed by atoms with Crippen molar-refractivity contribution in [1.82, 2.24) is 5.32 Å². The van der Waals surface area contributed by atoms with E-state index in [0.29, 0.717) is 11.2 Å². The zero-order valence-corrected chi connectivity index (χ0v) is 13.5. The van der Waals surface area contributed by atoms with Gasteiger partial charge in [0.2, 0.25) is 0 Å². The van der Waals surface area contributed by atoms with Crippen molar-refractivity contribution in [3.05, 3.63) is 29.3 Å². The summed E-state index contributed by atoms with van der Waals surface area (Å²) in [7, 11) is 0. The Kier molecular flexibility index (Phi) is 6.07. The molecular formula is C15H23ClN3S+. The van der Waals surface area contributed by atoms with Crippen LogP contribution in [0.15, 0.2) is 24.3 Å². The van der Waals surface area contributed by atoms with Gasteiger partial charge in [0.1, 0.15) is 0 Å². The highest BCUT2D eigenvalue weighted by Gasteiger charge is 2.21. The van der Waals surface area contributed by atoms with Gasteiger partial charge in [0.05, 0.1) is 19.6 Å². The Balaban J connectivity index is 1.74. The molecule has 20 heavy (non-hydrogen) atoms. The fraction of sp³-hybridized carbons (Fsp3) is 0.533. The summed E-state index contributed by atoms with van der Waals surface area (Å²) in [5, 5.41) is 8.07. The molecular weight excluding hydrogens is 290 g/mol. The van der Waals surface area contributed by atoms with Crippen LogP contribution in [0, 0.1) is 0 Å². The molecule has 2 rings (SSSR count). The van der Waals surface area contributed by atoms with Crippen molar-refractivity contribution in [3.63, 3.8) is 0 Å². The predicted molar refractivity (Wildman–Crippen MR) is 89.7 cm³/mol. The van der Waals surface area contributed by atoms with Crippen LogP contribution in [-0.2, 0) is 0 Å². The van der Waals surface area contributed by atoms with E-state index in [4.69, 9.17) is 23.8 Å². The standard InChI is InChI=1S/C15H22ClN3S/c1-2-9-19-10-7-14(8-11-19)18-15(20)17-13-5-3-12(16)4-6-13/h3-6,14H,2,7-11H2,1H3,(H2,17,18,20)/p+1. The van der Waals surface area contributed by atoms with E-state index in [0.717, 1.165) is 10.7 Å². The fourth-order valence-electron chi connectivity index (χ4n) is 2.66. The van der Waals surface area contributed by atoms with Crippen LogP contribution in [0.5, 0.6) is 0 Å². The Hall–Kier alpha value is -0.840. The first-order chi connectivity index (χ1) is 9.67. The van der Waals surface area contributed by atoms with Crippen LogP contribution in [0.4, 0.5) is 5.69 Å². The van der Waals surface area contributed by atoms with E-state index in [-0.39, 0.29) is 0 Å². The van der Waals surface area contributed by atoms with E-state index < -0.39 is 0 Å². The molecule has 0 saturated carbocycles. The lowest BCUT2D eigenvalue weighted by molar-refractivity contribution is -0.905. The van der Waals surface area contributed by atoms with E-state index >= 15 is 0 Å². The molecule has 0 radical (unpaired) electrons. The molecule has 110 valence electrons. The van der Waals surface area contributed by atoms with Gasteiger partial charge in [-0.25, -0.2) is 0 Å². The van der Waals surface area contributed by atoms with Crippen LogP contribution in [-0.4, -0.2) is 30.8 Å². The maximum atomic E-state index is 5.86. The van der Waals surface area contributed by atoms with Gasteiger partial charge in [-0.1, -0.05) is 18.5 Å². The lowest BCUT2D eigenvalue weighted by Crippen LogP contribution is -3.13. The second-order valence-electron chi connectivity index (χ2n) is 5.38. The summed E-state index contributed by atoms with van der Waals surface area (Å²) in [5.74, 6) is 0. The SMILES string of the molecule is CCC[NH+]1CCC(NC(=S)Nc2ccc(Cl)cc2)CC1. The maximum absolute atomic E-state index is 5.86. The topological polar surface area (TPSA) is 28.5 Å². The molecule has 5 heteroatoms. The number of quaternary nitrogens is 1. The highest BCUT2D eigenvalue weighted by Crippen LogP contribution is 2.13. The number of anilines is 1. The molecule has 1 aromatic rings. The monoisotopic (exact) mass is 312 g/mol. The molecule has 0 unspecified atom stereocenters. The number of thiocarbonyl (C=S) groups is 1. The van der Waals surface area contributed by atoms with Crippen molar-refractivity contribution in [2.75, 3.05) is 25.0 Å². The Morgan fingerprint density at radius 1 is 1.30 bits per heavy atom. The van der Waals surface area contributed by atoms with E-state index in [9.17, 15) is 0 Å². The van der Waals surface area contributed by atoms with Crippen LogP contribution in [0.25, 0.3) is 0 Å². The Bertz CT molecular complexity index is 427. The zero-order valence-electron chi connectivity index (χ0n) is 11.9.